The van der Waals surface area contributed by atoms with Crippen LogP contribution in [0, 0.1) is 10.1 Å². The van der Waals surface area contributed by atoms with Gasteiger partial charge in [0.25, 0.3) is 0 Å². The molecule has 2 fully saturated rings. The zero-order chi connectivity index (χ0) is 18.1. The molecule has 0 unspecified atom stereocenters. The summed E-state index contributed by atoms with van der Waals surface area (Å²) in [5, 5.41) is 11.1. The second kappa shape index (κ2) is 7.47. The molecular weight excluding hydrogens is 388 g/mol. The molecule has 0 amide bonds. The molecule has 0 spiro atoms. The van der Waals surface area contributed by atoms with Crippen LogP contribution >= 0.6 is 15.9 Å². The summed E-state index contributed by atoms with van der Waals surface area (Å²) in [6.45, 7) is 4.22. The summed E-state index contributed by atoms with van der Waals surface area (Å²) in [5.41, 5.74) is 0.957. The van der Waals surface area contributed by atoms with Crippen molar-refractivity contribution in [3.05, 3.63) is 26.7 Å². The van der Waals surface area contributed by atoms with Gasteiger partial charge in [0, 0.05) is 54.9 Å². The molecule has 2 heterocycles. The van der Waals surface area contributed by atoms with Crippen molar-refractivity contribution in [2.24, 2.45) is 0 Å². The quantitative estimate of drug-likeness (QED) is 0.546. The van der Waals surface area contributed by atoms with Gasteiger partial charge in [-0.3, -0.25) is 15.0 Å². The van der Waals surface area contributed by atoms with Gasteiger partial charge in [0.05, 0.1) is 17.7 Å². The van der Waals surface area contributed by atoms with E-state index in [4.69, 9.17) is 4.74 Å². The Hall–Kier alpha value is -1.38. The van der Waals surface area contributed by atoms with Gasteiger partial charge in [0.2, 0.25) is 0 Å². The van der Waals surface area contributed by atoms with E-state index < -0.39 is 4.92 Å². The zero-order valence-electron chi connectivity index (χ0n) is 14.9. The van der Waals surface area contributed by atoms with Gasteiger partial charge >= 0.3 is 5.69 Å². The van der Waals surface area contributed by atoms with Gasteiger partial charge in [0.15, 0.2) is 5.75 Å². The van der Waals surface area contributed by atoms with Crippen molar-refractivity contribution in [2.75, 3.05) is 52.3 Å². The first-order valence-corrected chi connectivity index (χ1v) is 9.37. The van der Waals surface area contributed by atoms with Crippen molar-refractivity contribution in [3.63, 3.8) is 0 Å². The number of ether oxygens (including phenoxy) is 1. The van der Waals surface area contributed by atoms with Crippen LogP contribution in [-0.4, -0.2) is 74.2 Å². The van der Waals surface area contributed by atoms with Crippen LogP contribution in [0.15, 0.2) is 16.6 Å². The van der Waals surface area contributed by atoms with Crippen LogP contribution in [0.5, 0.6) is 5.75 Å². The highest BCUT2D eigenvalue weighted by Crippen LogP contribution is 2.39. The fourth-order valence-corrected chi connectivity index (χ4v) is 4.25. The van der Waals surface area contributed by atoms with E-state index in [2.05, 4.69) is 44.7 Å². The summed E-state index contributed by atoms with van der Waals surface area (Å²) < 4.78 is 5.96. The number of piperidine rings is 1. The predicted octanol–water partition coefficient (Wildman–Crippen LogP) is 2.58. The van der Waals surface area contributed by atoms with Crippen molar-refractivity contribution in [1.82, 2.24) is 9.80 Å². The van der Waals surface area contributed by atoms with Gasteiger partial charge < -0.3 is 14.5 Å². The molecule has 138 valence electrons. The molecule has 0 bridgehead atoms. The van der Waals surface area contributed by atoms with Crippen LogP contribution in [0.1, 0.15) is 12.8 Å². The Labute approximate surface area is 156 Å². The van der Waals surface area contributed by atoms with Crippen molar-refractivity contribution in [1.29, 1.82) is 0 Å². The van der Waals surface area contributed by atoms with E-state index in [0.717, 1.165) is 49.2 Å². The van der Waals surface area contributed by atoms with Crippen LogP contribution in [0.3, 0.4) is 0 Å². The summed E-state index contributed by atoms with van der Waals surface area (Å²) in [5.74, 6) is 0.307. The lowest BCUT2D eigenvalue weighted by atomic mass is 9.96. The van der Waals surface area contributed by atoms with Crippen molar-refractivity contribution < 1.29 is 9.66 Å². The fraction of sp³-hybridized carbons (Fsp3) is 0.647. The number of likely N-dealkylation sites (N-methyl/N-ethyl adjacent to an activating group) is 1. The summed E-state index contributed by atoms with van der Waals surface area (Å²) >= 11 is 3.49. The third-order valence-electron chi connectivity index (χ3n) is 5.39. The smallest absolute Gasteiger partial charge is 0.312 e. The number of hydrogen-bond donors (Lipinski definition) is 0. The Balaban J connectivity index is 1.64. The first kappa shape index (κ1) is 18.4. The first-order valence-electron chi connectivity index (χ1n) is 8.58. The Morgan fingerprint density at radius 1 is 1.28 bits per heavy atom. The SMILES string of the molecule is COc1cc(N2CCC(N3CC(N(C)C)C3)CC2)c(Br)cc1[N+](=O)[O-]. The van der Waals surface area contributed by atoms with Crippen LogP contribution in [-0.2, 0) is 0 Å². The maximum atomic E-state index is 11.1. The molecule has 25 heavy (non-hydrogen) atoms. The highest BCUT2D eigenvalue weighted by atomic mass is 79.9. The highest BCUT2D eigenvalue weighted by Gasteiger charge is 2.35. The molecule has 2 aliphatic heterocycles. The number of hydrogen-bond acceptors (Lipinski definition) is 6. The minimum Gasteiger partial charge on any atom is -0.490 e. The average Bonchev–Trinajstić information content (AvgIpc) is 2.53. The lowest BCUT2D eigenvalue weighted by Gasteiger charge is -2.49. The number of nitro groups is 1. The normalized spacial score (nSPS) is 20.0. The topological polar surface area (TPSA) is 62.1 Å². The number of nitro benzene ring substituents is 1. The second-order valence-electron chi connectivity index (χ2n) is 7.02. The van der Waals surface area contributed by atoms with E-state index in [1.165, 1.54) is 13.2 Å². The van der Waals surface area contributed by atoms with Gasteiger partial charge in [-0.25, -0.2) is 0 Å². The first-order chi connectivity index (χ1) is 11.9. The minimum atomic E-state index is -0.412. The molecule has 0 atom stereocenters. The molecule has 0 aromatic heterocycles. The second-order valence-corrected chi connectivity index (χ2v) is 7.88. The predicted molar refractivity (Wildman–Crippen MR) is 102 cm³/mol. The van der Waals surface area contributed by atoms with E-state index >= 15 is 0 Å². The van der Waals surface area contributed by atoms with E-state index in [1.54, 1.807) is 6.07 Å². The lowest BCUT2D eigenvalue weighted by Crippen LogP contribution is -2.62. The maximum Gasteiger partial charge on any atom is 0.312 e. The number of methoxy groups -OCH3 is 1. The Kier molecular flexibility index (Phi) is 5.50. The fourth-order valence-electron chi connectivity index (χ4n) is 3.67. The van der Waals surface area contributed by atoms with Gasteiger partial charge in [-0.05, 0) is 42.9 Å². The maximum absolute atomic E-state index is 11.1. The lowest BCUT2D eigenvalue weighted by molar-refractivity contribution is -0.385. The Bertz CT molecular complexity index is 641. The summed E-state index contributed by atoms with van der Waals surface area (Å²) in [4.78, 5) is 17.9. The summed E-state index contributed by atoms with van der Waals surface area (Å²) in [6.07, 6.45) is 2.23. The van der Waals surface area contributed by atoms with Gasteiger partial charge in [0.1, 0.15) is 0 Å². The number of anilines is 1. The van der Waals surface area contributed by atoms with Crippen LogP contribution in [0.2, 0.25) is 0 Å². The van der Waals surface area contributed by atoms with Crippen molar-refractivity contribution in [2.45, 2.75) is 24.9 Å². The molecule has 0 saturated carbocycles. The highest BCUT2D eigenvalue weighted by molar-refractivity contribution is 9.10. The van der Waals surface area contributed by atoms with E-state index in [1.807, 2.05) is 0 Å². The van der Waals surface area contributed by atoms with Crippen molar-refractivity contribution in [3.8, 4) is 5.75 Å². The average molecular weight is 413 g/mol. The van der Waals surface area contributed by atoms with Gasteiger partial charge in [-0.2, -0.15) is 0 Å². The molecule has 1 aromatic rings. The monoisotopic (exact) mass is 412 g/mol. The molecule has 0 N–H and O–H groups in total. The van der Waals surface area contributed by atoms with Gasteiger partial charge in [-0.1, -0.05) is 0 Å². The molecule has 3 rings (SSSR count). The van der Waals surface area contributed by atoms with E-state index in [9.17, 15) is 10.1 Å². The molecule has 0 aliphatic carbocycles. The number of benzene rings is 1. The number of halogens is 1. The van der Waals surface area contributed by atoms with Gasteiger partial charge in [-0.15, -0.1) is 0 Å². The number of likely N-dealkylation sites (tertiary alicyclic amines) is 1. The molecule has 1 aromatic carbocycles. The third kappa shape index (κ3) is 3.75. The standard InChI is InChI=1S/C17H25BrN4O3/c1-19(2)13-10-21(11-13)12-4-6-20(7-5-12)15-9-17(25-3)16(22(23)24)8-14(15)18/h8-9,12-13H,4-7,10-11H2,1-3H3. The van der Waals surface area contributed by atoms with Crippen LogP contribution in [0.4, 0.5) is 11.4 Å². The molecule has 2 saturated heterocycles. The minimum absolute atomic E-state index is 0.0108. The van der Waals surface area contributed by atoms with Crippen molar-refractivity contribution >= 4 is 27.3 Å². The summed E-state index contributed by atoms with van der Waals surface area (Å²) in [6, 6.07) is 4.64. The Morgan fingerprint density at radius 2 is 1.92 bits per heavy atom. The van der Waals surface area contributed by atoms with Crippen LogP contribution < -0.4 is 9.64 Å². The number of rotatable bonds is 5. The molecule has 0 radical (unpaired) electrons. The Morgan fingerprint density at radius 3 is 2.44 bits per heavy atom. The van der Waals surface area contributed by atoms with E-state index in [-0.39, 0.29) is 5.69 Å². The van der Waals surface area contributed by atoms with E-state index in [0.29, 0.717) is 17.8 Å². The largest absolute Gasteiger partial charge is 0.490 e. The molecule has 8 heteroatoms. The van der Waals surface area contributed by atoms with Crippen LogP contribution in [0.25, 0.3) is 0 Å². The summed E-state index contributed by atoms with van der Waals surface area (Å²) in [7, 11) is 5.76. The number of nitrogens with zero attached hydrogens (tertiary/aromatic N) is 4. The zero-order valence-corrected chi connectivity index (χ0v) is 16.5. The molecule has 2 aliphatic rings. The third-order valence-corrected chi connectivity index (χ3v) is 6.02. The molecule has 7 nitrogen and oxygen atoms in total. The molecular formula is C17H25BrN4O3.